The average molecular weight is 239 g/mol. The fourth-order valence-electron chi connectivity index (χ4n) is 2.06. The van der Waals surface area contributed by atoms with Gasteiger partial charge in [0, 0.05) is 30.4 Å². The zero-order valence-electron chi connectivity index (χ0n) is 10.4. The molecule has 1 aromatic heterocycles. The maximum absolute atomic E-state index is 4.68. The minimum absolute atomic E-state index is 0.553. The van der Waals surface area contributed by atoms with E-state index in [4.69, 9.17) is 0 Å². The number of nitrogens with one attached hydrogen (secondary N) is 1. The average Bonchev–Trinajstić information content (AvgIpc) is 2.87. The molecule has 1 aliphatic rings. The molecule has 90 valence electrons. The highest BCUT2D eigenvalue weighted by Gasteiger charge is 2.19. The first-order chi connectivity index (χ1) is 7.66. The van der Waals surface area contributed by atoms with Crippen molar-refractivity contribution in [3.63, 3.8) is 0 Å². The molecule has 0 bridgehead atoms. The Bertz CT molecular complexity index is 329. The predicted molar refractivity (Wildman–Crippen MR) is 68.9 cm³/mol. The van der Waals surface area contributed by atoms with Crippen LogP contribution in [0.15, 0.2) is 5.38 Å². The smallest absolute Gasteiger partial charge is 0.0954 e. The summed E-state index contributed by atoms with van der Waals surface area (Å²) in [6.07, 6.45) is 1.26. The highest BCUT2D eigenvalue weighted by molar-refractivity contribution is 7.09. The Labute approximate surface area is 102 Å². The van der Waals surface area contributed by atoms with Crippen molar-refractivity contribution >= 4 is 11.3 Å². The first-order valence-corrected chi connectivity index (χ1v) is 6.90. The third-order valence-electron chi connectivity index (χ3n) is 3.13. The fourth-order valence-corrected chi connectivity index (χ4v) is 2.89. The quantitative estimate of drug-likeness (QED) is 0.872. The van der Waals surface area contributed by atoms with Crippen LogP contribution in [-0.4, -0.2) is 36.1 Å². The van der Waals surface area contributed by atoms with E-state index >= 15 is 0 Å². The van der Waals surface area contributed by atoms with Crippen LogP contribution < -0.4 is 5.32 Å². The normalized spacial score (nSPS) is 21.2. The van der Waals surface area contributed by atoms with E-state index < -0.39 is 0 Å². The van der Waals surface area contributed by atoms with E-state index in [0.717, 1.165) is 19.6 Å². The van der Waals surface area contributed by atoms with E-state index in [1.165, 1.54) is 17.1 Å². The molecule has 1 atom stereocenters. The summed E-state index contributed by atoms with van der Waals surface area (Å²) in [7, 11) is 2.20. The third-order valence-corrected chi connectivity index (χ3v) is 4.33. The second-order valence-electron chi connectivity index (χ2n) is 4.89. The lowest BCUT2D eigenvalue weighted by Gasteiger charge is -2.22. The SMILES string of the molecule is CC(C)c1nc(CN(C)C2CCNC2)cs1. The summed E-state index contributed by atoms with van der Waals surface area (Å²) in [5.41, 5.74) is 1.23. The van der Waals surface area contributed by atoms with Crippen molar-refractivity contribution in [3.8, 4) is 0 Å². The van der Waals surface area contributed by atoms with Gasteiger partial charge in [0.05, 0.1) is 10.7 Å². The van der Waals surface area contributed by atoms with Crippen LogP contribution in [0.3, 0.4) is 0 Å². The standard InChI is InChI=1S/C12H21N3S/c1-9(2)12-14-10(8-16-12)7-15(3)11-4-5-13-6-11/h8-9,11,13H,4-7H2,1-3H3. The van der Waals surface area contributed by atoms with Gasteiger partial charge in [-0.25, -0.2) is 4.98 Å². The lowest BCUT2D eigenvalue weighted by atomic mass is 10.2. The zero-order chi connectivity index (χ0) is 11.5. The molecule has 0 amide bonds. The van der Waals surface area contributed by atoms with Gasteiger partial charge in [-0.2, -0.15) is 0 Å². The number of hydrogen-bond donors (Lipinski definition) is 1. The maximum Gasteiger partial charge on any atom is 0.0954 e. The molecule has 2 heterocycles. The van der Waals surface area contributed by atoms with Gasteiger partial charge in [-0.15, -0.1) is 11.3 Å². The highest BCUT2D eigenvalue weighted by atomic mass is 32.1. The van der Waals surface area contributed by atoms with Crippen LogP contribution in [0.2, 0.25) is 0 Å². The van der Waals surface area contributed by atoms with Crippen LogP contribution in [0.1, 0.15) is 36.9 Å². The van der Waals surface area contributed by atoms with Gasteiger partial charge < -0.3 is 5.32 Å². The molecule has 0 aromatic carbocycles. The summed E-state index contributed by atoms with van der Waals surface area (Å²) < 4.78 is 0. The van der Waals surface area contributed by atoms with Crippen molar-refractivity contribution in [3.05, 3.63) is 16.1 Å². The van der Waals surface area contributed by atoms with Crippen molar-refractivity contribution in [2.24, 2.45) is 0 Å². The molecular weight excluding hydrogens is 218 g/mol. The first kappa shape index (κ1) is 12.0. The number of rotatable bonds is 4. The van der Waals surface area contributed by atoms with Gasteiger partial charge in [-0.3, -0.25) is 4.90 Å². The number of thiazole rings is 1. The Kier molecular flexibility index (Phi) is 3.95. The fraction of sp³-hybridized carbons (Fsp3) is 0.750. The lowest BCUT2D eigenvalue weighted by Crippen LogP contribution is -2.32. The molecule has 1 saturated heterocycles. The summed E-state index contributed by atoms with van der Waals surface area (Å²) in [6.45, 7) is 7.66. The van der Waals surface area contributed by atoms with E-state index in [-0.39, 0.29) is 0 Å². The van der Waals surface area contributed by atoms with E-state index in [9.17, 15) is 0 Å². The number of hydrogen-bond acceptors (Lipinski definition) is 4. The summed E-state index contributed by atoms with van der Waals surface area (Å²) in [5.74, 6) is 0.553. The van der Waals surface area contributed by atoms with Gasteiger partial charge in [0.25, 0.3) is 0 Å². The topological polar surface area (TPSA) is 28.2 Å². The van der Waals surface area contributed by atoms with E-state index in [0.29, 0.717) is 12.0 Å². The number of likely N-dealkylation sites (N-methyl/N-ethyl adjacent to an activating group) is 1. The summed E-state index contributed by atoms with van der Waals surface area (Å²) in [6, 6.07) is 0.684. The van der Waals surface area contributed by atoms with Gasteiger partial charge in [0.1, 0.15) is 0 Å². The molecule has 0 saturated carbocycles. The molecule has 1 N–H and O–H groups in total. The molecule has 0 radical (unpaired) electrons. The molecule has 1 aromatic rings. The minimum atomic E-state index is 0.553. The number of aromatic nitrogens is 1. The van der Waals surface area contributed by atoms with Crippen LogP contribution >= 0.6 is 11.3 Å². The molecule has 2 rings (SSSR count). The van der Waals surface area contributed by atoms with Gasteiger partial charge in [0.2, 0.25) is 0 Å². The molecule has 3 nitrogen and oxygen atoms in total. The van der Waals surface area contributed by atoms with Gasteiger partial charge in [-0.1, -0.05) is 13.8 Å². The molecule has 0 aliphatic carbocycles. The van der Waals surface area contributed by atoms with Crippen molar-refractivity contribution in [2.45, 2.75) is 38.8 Å². The van der Waals surface area contributed by atoms with Gasteiger partial charge >= 0.3 is 0 Å². The van der Waals surface area contributed by atoms with Crippen LogP contribution in [0.25, 0.3) is 0 Å². The molecule has 1 unspecified atom stereocenters. The lowest BCUT2D eigenvalue weighted by molar-refractivity contribution is 0.246. The van der Waals surface area contributed by atoms with E-state index in [2.05, 4.69) is 41.5 Å². The Hall–Kier alpha value is -0.450. The Morgan fingerprint density at radius 3 is 3.00 bits per heavy atom. The summed E-state index contributed by atoms with van der Waals surface area (Å²) in [4.78, 5) is 7.09. The molecule has 1 fully saturated rings. The molecular formula is C12H21N3S. The largest absolute Gasteiger partial charge is 0.315 e. The van der Waals surface area contributed by atoms with Crippen LogP contribution in [0.5, 0.6) is 0 Å². The Balaban J connectivity index is 1.92. The van der Waals surface area contributed by atoms with Gasteiger partial charge in [0.15, 0.2) is 0 Å². The highest BCUT2D eigenvalue weighted by Crippen LogP contribution is 2.20. The Morgan fingerprint density at radius 2 is 2.44 bits per heavy atom. The molecule has 1 aliphatic heterocycles. The minimum Gasteiger partial charge on any atom is -0.315 e. The summed E-state index contributed by atoms with van der Waals surface area (Å²) >= 11 is 1.79. The van der Waals surface area contributed by atoms with Crippen LogP contribution in [-0.2, 0) is 6.54 Å². The maximum atomic E-state index is 4.68. The van der Waals surface area contributed by atoms with Crippen molar-refractivity contribution in [1.82, 2.24) is 15.2 Å². The molecule has 16 heavy (non-hydrogen) atoms. The van der Waals surface area contributed by atoms with Crippen molar-refractivity contribution in [2.75, 3.05) is 20.1 Å². The Morgan fingerprint density at radius 1 is 1.62 bits per heavy atom. The second-order valence-corrected chi connectivity index (χ2v) is 5.78. The predicted octanol–water partition coefficient (Wildman–Crippen LogP) is 2.06. The number of nitrogens with zero attached hydrogens (tertiary/aromatic N) is 2. The van der Waals surface area contributed by atoms with Gasteiger partial charge in [-0.05, 0) is 20.0 Å². The van der Waals surface area contributed by atoms with E-state index in [1.807, 2.05) is 0 Å². The van der Waals surface area contributed by atoms with Crippen molar-refractivity contribution < 1.29 is 0 Å². The molecule has 4 heteroatoms. The van der Waals surface area contributed by atoms with Crippen LogP contribution in [0.4, 0.5) is 0 Å². The van der Waals surface area contributed by atoms with E-state index in [1.54, 1.807) is 11.3 Å². The van der Waals surface area contributed by atoms with Crippen LogP contribution in [0, 0.1) is 0 Å². The third kappa shape index (κ3) is 2.81. The second kappa shape index (κ2) is 5.25. The molecule has 0 spiro atoms. The first-order valence-electron chi connectivity index (χ1n) is 6.02. The summed E-state index contributed by atoms with van der Waals surface area (Å²) in [5, 5.41) is 6.86. The van der Waals surface area contributed by atoms with Crippen molar-refractivity contribution in [1.29, 1.82) is 0 Å². The monoisotopic (exact) mass is 239 g/mol. The zero-order valence-corrected chi connectivity index (χ0v) is 11.2.